The molecule has 37 heavy (non-hydrogen) atoms. The summed E-state index contributed by atoms with van der Waals surface area (Å²) >= 11 is 0. The van der Waals surface area contributed by atoms with Crippen LogP contribution >= 0.6 is 0 Å². The second-order valence-corrected chi connectivity index (χ2v) is 12.1. The number of hydrogen-bond donors (Lipinski definition) is 0. The van der Waals surface area contributed by atoms with Gasteiger partial charge in [-0.2, -0.15) is 0 Å². The summed E-state index contributed by atoms with van der Waals surface area (Å²) in [5, 5.41) is 0. The van der Waals surface area contributed by atoms with Crippen molar-refractivity contribution in [2.24, 2.45) is 5.41 Å². The molecular formula is C36H42O. The van der Waals surface area contributed by atoms with Crippen molar-refractivity contribution in [3.8, 4) is 22.6 Å². The van der Waals surface area contributed by atoms with E-state index in [2.05, 4.69) is 114 Å². The highest BCUT2D eigenvalue weighted by Crippen LogP contribution is 2.48. The van der Waals surface area contributed by atoms with E-state index in [4.69, 9.17) is 4.74 Å². The molecule has 0 aromatic heterocycles. The van der Waals surface area contributed by atoms with Gasteiger partial charge in [0, 0.05) is 22.0 Å². The number of ether oxygens (including phenoxy) is 1. The van der Waals surface area contributed by atoms with Gasteiger partial charge >= 0.3 is 0 Å². The molecule has 0 unspecified atom stereocenters. The molecule has 3 aliphatic rings. The zero-order chi connectivity index (χ0) is 25.6. The monoisotopic (exact) mass is 490 g/mol. The number of hydrogen-bond acceptors (Lipinski definition) is 1. The third-order valence-corrected chi connectivity index (χ3v) is 8.08. The van der Waals surface area contributed by atoms with E-state index in [-0.39, 0.29) is 18.3 Å². The Morgan fingerprint density at radius 3 is 1.14 bits per heavy atom. The van der Waals surface area contributed by atoms with Gasteiger partial charge in [0.1, 0.15) is 11.5 Å². The average Bonchev–Trinajstić information content (AvgIpc) is 3.53. The van der Waals surface area contributed by atoms with E-state index in [0.717, 1.165) is 16.9 Å². The van der Waals surface area contributed by atoms with Crippen LogP contribution in [-0.2, 0) is 10.8 Å². The standard InChI is InChI=1S/C15H14O.C15H14.C5H10.CH4/c1-15(2)11-7-3-5-9-13(11)16-14-10-6-4-8-12(14)15;1-15(2)13-9-5-3-7-11(13)12-8-4-6-10-14(12)15;1-5(2)3-4-5;/h3-10H,1-2H3;3-10H,1-2H3;3-4H2,1-2H3;1H4. The van der Waals surface area contributed by atoms with Crippen LogP contribution < -0.4 is 4.74 Å². The van der Waals surface area contributed by atoms with Crippen LogP contribution in [0.1, 0.15) is 84.1 Å². The third-order valence-electron chi connectivity index (χ3n) is 8.08. The lowest BCUT2D eigenvalue weighted by molar-refractivity contribution is 0.418. The van der Waals surface area contributed by atoms with E-state index in [9.17, 15) is 0 Å². The van der Waals surface area contributed by atoms with E-state index in [1.54, 1.807) is 0 Å². The molecular weight excluding hydrogens is 448 g/mol. The first-order chi connectivity index (χ1) is 17.1. The van der Waals surface area contributed by atoms with Crippen molar-refractivity contribution < 1.29 is 4.74 Å². The van der Waals surface area contributed by atoms with E-state index < -0.39 is 0 Å². The Hall–Kier alpha value is -3.32. The molecule has 4 aromatic rings. The van der Waals surface area contributed by atoms with Gasteiger partial charge in [0.2, 0.25) is 0 Å². The first-order valence-electron chi connectivity index (χ1n) is 13.2. The second-order valence-electron chi connectivity index (χ2n) is 12.1. The largest absolute Gasteiger partial charge is 0.457 e. The summed E-state index contributed by atoms with van der Waals surface area (Å²) in [4.78, 5) is 0. The Bertz CT molecular complexity index is 1290. The molecule has 1 fully saturated rings. The van der Waals surface area contributed by atoms with Crippen LogP contribution in [-0.4, -0.2) is 0 Å². The maximum absolute atomic E-state index is 5.91. The van der Waals surface area contributed by atoms with E-state index in [1.165, 1.54) is 46.2 Å². The zero-order valence-electron chi connectivity index (χ0n) is 22.6. The Labute approximate surface area is 224 Å². The number of para-hydroxylation sites is 2. The van der Waals surface area contributed by atoms with Crippen molar-refractivity contribution in [2.45, 2.75) is 72.6 Å². The summed E-state index contributed by atoms with van der Waals surface area (Å²) in [5.41, 5.74) is 9.15. The van der Waals surface area contributed by atoms with Gasteiger partial charge in [0.25, 0.3) is 0 Å². The van der Waals surface area contributed by atoms with Gasteiger partial charge in [-0.1, -0.05) is 134 Å². The van der Waals surface area contributed by atoms with Crippen LogP contribution in [0.3, 0.4) is 0 Å². The lowest BCUT2D eigenvalue weighted by Crippen LogP contribution is -2.23. The van der Waals surface area contributed by atoms with Crippen molar-refractivity contribution in [3.63, 3.8) is 0 Å². The Morgan fingerprint density at radius 1 is 0.459 bits per heavy atom. The highest BCUT2D eigenvalue weighted by Gasteiger charge is 2.35. The van der Waals surface area contributed by atoms with Crippen LogP contribution in [0.25, 0.3) is 11.1 Å². The van der Waals surface area contributed by atoms with E-state index >= 15 is 0 Å². The molecule has 0 saturated heterocycles. The van der Waals surface area contributed by atoms with Gasteiger partial charge in [0.05, 0.1) is 0 Å². The molecule has 1 heteroatoms. The summed E-state index contributed by atoms with van der Waals surface area (Å²) in [7, 11) is 0. The van der Waals surface area contributed by atoms with E-state index in [0.29, 0.717) is 0 Å². The Morgan fingerprint density at radius 2 is 0.757 bits per heavy atom. The fourth-order valence-electron chi connectivity index (χ4n) is 5.33. The van der Waals surface area contributed by atoms with Gasteiger partial charge in [-0.05, 0) is 52.6 Å². The molecule has 0 bridgehead atoms. The molecule has 192 valence electrons. The van der Waals surface area contributed by atoms with Gasteiger partial charge in [-0.25, -0.2) is 0 Å². The van der Waals surface area contributed by atoms with Crippen LogP contribution in [0.5, 0.6) is 11.5 Å². The summed E-state index contributed by atoms with van der Waals surface area (Å²) < 4.78 is 5.91. The molecule has 0 radical (unpaired) electrons. The molecule has 1 nitrogen and oxygen atoms in total. The van der Waals surface area contributed by atoms with Crippen molar-refractivity contribution in [1.82, 2.24) is 0 Å². The quantitative estimate of drug-likeness (QED) is 0.238. The molecule has 0 spiro atoms. The average molecular weight is 491 g/mol. The number of rotatable bonds is 0. The smallest absolute Gasteiger partial charge is 0.131 e. The lowest BCUT2D eigenvalue weighted by Gasteiger charge is -2.34. The molecule has 4 aromatic carbocycles. The minimum Gasteiger partial charge on any atom is -0.457 e. The van der Waals surface area contributed by atoms with Crippen LogP contribution in [0.4, 0.5) is 0 Å². The maximum Gasteiger partial charge on any atom is 0.131 e. The number of fused-ring (bicyclic) bond motifs is 5. The molecule has 1 aliphatic heterocycles. The predicted octanol–water partition coefficient (Wildman–Crippen LogP) is 10.6. The molecule has 0 amide bonds. The van der Waals surface area contributed by atoms with Crippen LogP contribution in [0.15, 0.2) is 97.1 Å². The van der Waals surface area contributed by atoms with Crippen LogP contribution in [0, 0.1) is 5.41 Å². The summed E-state index contributed by atoms with van der Waals surface area (Å²) in [6.45, 7) is 13.7. The first-order valence-corrected chi connectivity index (χ1v) is 13.2. The normalized spacial score (nSPS) is 17.4. The molecule has 7 rings (SSSR count). The van der Waals surface area contributed by atoms with Gasteiger partial charge in [0.15, 0.2) is 0 Å². The van der Waals surface area contributed by atoms with Gasteiger partial charge in [-0.15, -0.1) is 0 Å². The van der Waals surface area contributed by atoms with Crippen molar-refractivity contribution in [3.05, 3.63) is 119 Å². The predicted molar refractivity (Wildman–Crippen MR) is 159 cm³/mol. The maximum atomic E-state index is 5.91. The van der Waals surface area contributed by atoms with Crippen molar-refractivity contribution >= 4 is 0 Å². The molecule has 0 atom stereocenters. The topological polar surface area (TPSA) is 9.23 Å². The van der Waals surface area contributed by atoms with Gasteiger partial charge < -0.3 is 4.74 Å². The zero-order valence-corrected chi connectivity index (χ0v) is 22.6. The number of benzene rings is 4. The molecule has 2 aliphatic carbocycles. The lowest BCUT2D eigenvalue weighted by atomic mass is 9.76. The molecule has 1 heterocycles. The molecule has 1 saturated carbocycles. The van der Waals surface area contributed by atoms with Gasteiger partial charge in [-0.3, -0.25) is 0 Å². The van der Waals surface area contributed by atoms with E-state index in [1.807, 2.05) is 24.3 Å². The highest BCUT2D eigenvalue weighted by atomic mass is 16.5. The minimum atomic E-state index is 0. The fourth-order valence-corrected chi connectivity index (χ4v) is 5.33. The third kappa shape index (κ3) is 5.10. The van der Waals surface area contributed by atoms with Crippen molar-refractivity contribution in [1.29, 1.82) is 0 Å². The second kappa shape index (κ2) is 9.86. The van der Waals surface area contributed by atoms with Crippen LogP contribution in [0.2, 0.25) is 0 Å². The summed E-state index contributed by atoms with van der Waals surface area (Å²) in [5.74, 6) is 1.96. The minimum absolute atomic E-state index is 0. The highest BCUT2D eigenvalue weighted by molar-refractivity contribution is 5.80. The van der Waals surface area contributed by atoms with Crippen molar-refractivity contribution in [2.75, 3.05) is 0 Å². The SMILES string of the molecule is C.CC1(C)CC1.CC1(C)c2ccccc2-c2ccccc21.CC1(C)c2ccccc2Oc2ccccc21. The Balaban J connectivity index is 0.000000143. The molecule has 0 N–H and O–H groups in total. The summed E-state index contributed by atoms with van der Waals surface area (Å²) in [6, 6.07) is 34.0. The fraction of sp³-hybridized carbons (Fsp3) is 0.333. The summed E-state index contributed by atoms with van der Waals surface area (Å²) in [6.07, 6.45) is 2.90. The Kier molecular flexibility index (Phi) is 7.12. The first kappa shape index (κ1) is 26.7.